The summed E-state index contributed by atoms with van der Waals surface area (Å²) in [6.07, 6.45) is 2.69. The summed E-state index contributed by atoms with van der Waals surface area (Å²) in [5.74, 6) is 0.120. The number of benzene rings is 4. The van der Waals surface area contributed by atoms with Gasteiger partial charge in [0.1, 0.15) is 0 Å². The van der Waals surface area contributed by atoms with Crippen molar-refractivity contribution in [3.8, 4) is 0 Å². The Kier molecular flexibility index (Phi) is 6.21. The SMILES string of the molecule is O=C1Cc2ccccc2Cc2ccccc2N1.O=C1Cc2ccccc2Cc2ccccc2N1. The fraction of sp³-hybridized carbons (Fsp3) is 0.133. The Labute approximate surface area is 199 Å². The van der Waals surface area contributed by atoms with Gasteiger partial charge < -0.3 is 10.6 Å². The molecule has 0 fully saturated rings. The van der Waals surface area contributed by atoms with Gasteiger partial charge in [-0.05, 0) is 58.4 Å². The lowest BCUT2D eigenvalue weighted by Gasteiger charge is -2.17. The third-order valence-corrected chi connectivity index (χ3v) is 6.28. The Morgan fingerprint density at radius 2 is 0.676 bits per heavy atom. The zero-order valence-electron chi connectivity index (χ0n) is 18.9. The molecule has 2 aliphatic heterocycles. The monoisotopic (exact) mass is 446 g/mol. The minimum absolute atomic E-state index is 0.0598. The van der Waals surface area contributed by atoms with Gasteiger partial charge >= 0.3 is 0 Å². The third-order valence-electron chi connectivity index (χ3n) is 6.28. The van der Waals surface area contributed by atoms with Crippen LogP contribution in [0.15, 0.2) is 97.1 Å². The Balaban J connectivity index is 0.000000142. The maximum Gasteiger partial charge on any atom is 0.228 e. The van der Waals surface area contributed by atoms with Crippen molar-refractivity contribution in [3.05, 3.63) is 130 Å². The maximum absolute atomic E-state index is 11.9. The molecule has 0 aliphatic carbocycles. The van der Waals surface area contributed by atoms with Gasteiger partial charge in [-0.1, -0.05) is 84.9 Å². The number of nitrogens with one attached hydrogen (secondary N) is 2. The van der Waals surface area contributed by atoms with Crippen LogP contribution in [-0.2, 0) is 35.3 Å². The number of hydrogen-bond donors (Lipinski definition) is 2. The van der Waals surface area contributed by atoms with Crippen molar-refractivity contribution >= 4 is 23.2 Å². The minimum Gasteiger partial charge on any atom is -0.326 e. The van der Waals surface area contributed by atoms with E-state index in [2.05, 4.69) is 34.9 Å². The van der Waals surface area contributed by atoms with Gasteiger partial charge in [0.2, 0.25) is 11.8 Å². The third kappa shape index (κ3) is 4.91. The van der Waals surface area contributed by atoms with Gasteiger partial charge in [0.05, 0.1) is 12.8 Å². The van der Waals surface area contributed by atoms with Gasteiger partial charge in [0, 0.05) is 11.4 Å². The van der Waals surface area contributed by atoms with Crippen LogP contribution >= 0.6 is 0 Å². The normalized spacial score (nSPS) is 14.0. The summed E-state index contributed by atoms with van der Waals surface area (Å²) in [5, 5.41) is 5.93. The topological polar surface area (TPSA) is 58.2 Å². The molecule has 4 nitrogen and oxygen atoms in total. The lowest BCUT2D eigenvalue weighted by Crippen LogP contribution is -2.19. The van der Waals surface area contributed by atoms with E-state index in [1.165, 1.54) is 22.3 Å². The molecule has 4 aromatic carbocycles. The first kappa shape index (κ1) is 21.7. The maximum atomic E-state index is 11.9. The second-order valence-corrected chi connectivity index (χ2v) is 8.66. The summed E-state index contributed by atoms with van der Waals surface area (Å²) in [6.45, 7) is 0. The predicted molar refractivity (Wildman–Crippen MR) is 136 cm³/mol. The molecule has 6 rings (SSSR count). The molecule has 2 N–H and O–H groups in total. The van der Waals surface area contributed by atoms with E-state index in [9.17, 15) is 9.59 Å². The summed E-state index contributed by atoms with van der Waals surface area (Å²) < 4.78 is 0. The summed E-state index contributed by atoms with van der Waals surface area (Å²) in [5.41, 5.74) is 8.96. The van der Waals surface area contributed by atoms with Crippen LogP contribution in [0.2, 0.25) is 0 Å². The van der Waals surface area contributed by atoms with E-state index in [1.807, 2.05) is 72.8 Å². The zero-order chi connectivity index (χ0) is 23.3. The summed E-state index contributed by atoms with van der Waals surface area (Å²) >= 11 is 0. The highest BCUT2D eigenvalue weighted by atomic mass is 16.2. The highest BCUT2D eigenvalue weighted by molar-refractivity contribution is 5.94. The van der Waals surface area contributed by atoms with Gasteiger partial charge in [-0.15, -0.1) is 0 Å². The van der Waals surface area contributed by atoms with Crippen molar-refractivity contribution in [1.29, 1.82) is 0 Å². The molecule has 0 saturated heterocycles. The number of amides is 2. The van der Waals surface area contributed by atoms with Crippen LogP contribution in [-0.4, -0.2) is 11.8 Å². The molecule has 34 heavy (non-hydrogen) atoms. The minimum atomic E-state index is 0.0598. The van der Waals surface area contributed by atoms with Gasteiger partial charge in [-0.2, -0.15) is 0 Å². The molecule has 4 heteroatoms. The lowest BCUT2D eigenvalue weighted by molar-refractivity contribution is -0.116. The van der Waals surface area contributed by atoms with E-state index >= 15 is 0 Å². The van der Waals surface area contributed by atoms with Crippen LogP contribution in [0.5, 0.6) is 0 Å². The first-order valence-corrected chi connectivity index (χ1v) is 11.5. The predicted octanol–water partition coefficient (Wildman–Crippen LogP) is 5.54. The summed E-state index contributed by atoms with van der Waals surface area (Å²) in [6, 6.07) is 32.3. The van der Waals surface area contributed by atoms with Gasteiger partial charge in [0.25, 0.3) is 0 Å². The van der Waals surface area contributed by atoms with Crippen molar-refractivity contribution in [3.63, 3.8) is 0 Å². The fourth-order valence-electron chi connectivity index (χ4n) is 4.54. The van der Waals surface area contributed by atoms with Crippen molar-refractivity contribution < 1.29 is 9.59 Å². The number of carbonyl (C=O) groups is 2. The largest absolute Gasteiger partial charge is 0.326 e. The Morgan fingerprint density at radius 1 is 0.382 bits per heavy atom. The van der Waals surface area contributed by atoms with E-state index in [0.29, 0.717) is 12.8 Å². The van der Waals surface area contributed by atoms with E-state index in [4.69, 9.17) is 0 Å². The Morgan fingerprint density at radius 3 is 1.06 bits per heavy atom. The molecule has 4 aromatic rings. The summed E-state index contributed by atoms with van der Waals surface area (Å²) in [7, 11) is 0. The molecule has 0 unspecified atom stereocenters. The smallest absolute Gasteiger partial charge is 0.228 e. The van der Waals surface area contributed by atoms with E-state index in [-0.39, 0.29) is 11.8 Å². The van der Waals surface area contributed by atoms with Crippen LogP contribution in [0.3, 0.4) is 0 Å². The zero-order valence-corrected chi connectivity index (χ0v) is 18.9. The van der Waals surface area contributed by atoms with Crippen LogP contribution in [0, 0.1) is 0 Å². The van der Waals surface area contributed by atoms with Gasteiger partial charge in [-0.25, -0.2) is 0 Å². The van der Waals surface area contributed by atoms with E-state index in [1.54, 1.807) is 0 Å². The quantitative estimate of drug-likeness (QED) is 0.372. The van der Waals surface area contributed by atoms with Crippen LogP contribution < -0.4 is 10.6 Å². The van der Waals surface area contributed by atoms with E-state index < -0.39 is 0 Å². The molecular formula is C30H26N2O2. The van der Waals surface area contributed by atoms with Crippen molar-refractivity contribution in [2.75, 3.05) is 10.6 Å². The summed E-state index contributed by atoms with van der Waals surface area (Å²) in [4.78, 5) is 23.7. The van der Waals surface area contributed by atoms with Crippen LogP contribution in [0.4, 0.5) is 11.4 Å². The molecule has 0 atom stereocenters. The average Bonchev–Trinajstić information content (AvgIpc) is 2.82. The Bertz CT molecular complexity index is 1160. The number of hydrogen-bond acceptors (Lipinski definition) is 2. The molecule has 168 valence electrons. The van der Waals surface area contributed by atoms with E-state index in [0.717, 1.165) is 35.3 Å². The molecular weight excluding hydrogens is 420 g/mol. The van der Waals surface area contributed by atoms with Crippen LogP contribution in [0.1, 0.15) is 33.4 Å². The molecule has 0 radical (unpaired) electrons. The molecule has 0 aromatic heterocycles. The number of carbonyl (C=O) groups excluding carboxylic acids is 2. The second kappa shape index (κ2) is 9.75. The molecule has 0 bridgehead atoms. The molecule has 2 amide bonds. The van der Waals surface area contributed by atoms with Crippen molar-refractivity contribution in [1.82, 2.24) is 0 Å². The average molecular weight is 447 g/mol. The lowest BCUT2D eigenvalue weighted by atomic mass is 9.95. The highest BCUT2D eigenvalue weighted by Crippen LogP contribution is 2.25. The number of rotatable bonds is 0. The first-order chi connectivity index (χ1) is 16.7. The molecule has 0 saturated carbocycles. The van der Waals surface area contributed by atoms with Crippen molar-refractivity contribution in [2.45, 2.75) is 25.7 Å². The first-order valence-electron chi connectivity index (χ1n) is 11.5. The van der Waals surface area contributed by atoms with Gasteiger partial charge in [0.15, 0.2) is 0 Å². The number of anilines is 2. The van der Waals surface area contributed by atoms with Crippen LogP contribution in [0.25, 0.3) is 0 Å². The molecule has 2 aliphatic rings. The standard InChI is InChI=1S/2C15H13NO/c2*17-15-10-12-6-2-1-5-11(12)9-13-7-3-4-8-14(13)16-15/h2*1-8H,9-10H2,(H,16,17). The highest BCUT2D eigenvalue weighted by Gasteiger charge is 2.16. The number of fused-ring (bicyclic) bond motifs is 4. The molecule has 0 spiro atoms. The molecule has 2 heterocycles. The Hall–Kier alpha value is -4.18. The van der Waals surface area contributed by atoms with Gasteiger partial charge in [-0.3, -0.25) is 9.59 Å². The number of para-hydroxylation sites is 2. The second-order valence-electron chi connectivity index (χ2n) is 8.66. The van der Waals surface area contributed by atoms with Crippen molar-refractivity contribution in [2.24, 2.45) is 0 Å². The fourth-order valence-corrected chi connectivity index (χ4v) is 4.54.